The lowest BCUT2D eigenvalue weighted by Gasteiger charge is -2.26. The van der Waals surface area contributed by atoms with Crippen LogP contribution in [0.3, 0.4) is 0 Å². The van der Waals surface area contributed by atoms with E-state index < -0.39 is 0 Å². The Hall–Kier alpha value is -0.610. The Balaban J connectivity index is 1.46. The first-order chi connectivity index (χ1) is 9.36. The van der Waals surface area contributed by atoms with E-state index in [2.05, 4.69) is 21.8 Å². The molecule has 0 N–H and O–H groups in total. The Morgan fingerprint density at radius 3 is 2.68 bits per heavy atom. The molecule has 2 rings (SSSR count). The molecule has 0 bridgehead atoms. The number of hydrogen-bond acceptors (Lipinski definition) is 4. The first kappa shape index (κ1) is 14.8. The lowest BCUT2D eigenvalue weighted by molar-refractivity contribution is 0.224. The highest BCUT2D eigenvalue weighted by Gasteiger charge is 2.08. The van der Waals surface area contributed by atoms with Crippen LogP contribution in [0.15, 0.2) is 11.6 Å². The van der Waals surface area contributed by atoms with E-state index in [1.54, 1.807) is 11.3 Å². The van der Waals surface area contributed by atoms with Gasteiger partial charge in [0, 0.05) is 25.2 Å². The summed E-state index contributed by atoms with van der Waals surface area (Å²) in [6.45, 7) is 5.14. The highest BCUT2D eigenvalue weighted by atomic mass is 32.1. The van der Waals surface area contributed by atoms with Crippen LogP contribution in [-0.2, 0) is 0 Å². The fraction of sp³-hybridized carbons (Fsp3) is 0.800. The number of unbranched alkanes of at least 4 members (excludes halogenated alkanes) is 3. The van der Waals surface area contributed by atoms with Gasteiger partial charge in [-0.1, -0.05) is 19.3 Å². The van der Waals surface area contributed by atoms with Crippen molar-refractivity contribution in [1.82, 2.24) is 9.88 Å². The topological polar surface area (TPSA) is 19.4 Å². The summed E-state index contributed by atoms with van der Waals surface area (Å²) in [5, 5.41) is 3.19. The quantitative estimate of drug-likeness (QED) is 0.678. The van der Waals surface area contributed by atoms with E-state index in [-0.39, 0.29) is 0 Å². The van der Waals surface area contributed by atoms with Crippen LogP contribution in [0.25, 0.3) is 0 Å². The smallest absolute Gasteiger partial charge is 0.184 e. The summed E-state index contributed by atoms with van der Waals surface area (Å²) < 4.78 is 0. The molecule has 3 nitrogen and oxygen atoms in total. The van der Waals surface area contributed by atoms with Crippen molar-refractivity contribution in [3.8, 4) is 0 Å². The fourth-order valence-electron chi connectivity index (χ4n) is 2.72. The lowest BCUT2D eigenvalue weighted by Crippen LogP contribution is -2.30. The van der Waals surface area contributed by atoms with Crippen LogP contribution in [0.1, 0.15) is 44.9 Å². The van der Waals surface area contributed by atoms with Crippen molar-refractivity contribution < 1.29 is 0 Å². The Labute approximate surface area is 121 Å². The molecule has 0 radical (unpaired) electrons. The van der Waals surface area contributed by atoms with Gasteiger partial charge in [0.1, 0.15) is 0 Å². The van der Waals surface area contributed by atoms with Gasteiger partial charge in [-0.2, -0.15) is 0 Å². The molecule has 0 aliphatic carbocycles. The van der Waals surface area contributed by atoms with Crippen LogP contribution in [0, 0.1) is 0 Å². The normalized spacial score (nSPS) is 16.7. The van der Waals surface area contributed by atoms with Crippen molar-refractivity contribution in [2.24, 2.45) is 0 Å². The predicted octanol–water partition coefficient (Wildman–Crippen LogP) is 3.63. The molecular weight excluding hydrogens is 254 g/mol. The number of rotatable bonds is 8. The predicted molar refractivity (Wildman–Crippen MR) is 84.1 cm³/mol. The van der Waals surface area contributed by atoms with E-state index in [1.165, 1.54) is 64.6 Å². The highest BCUT2D eigenvalue weighted by molar-refractivity contribution is 7.13. The molecule has 0 atom stereocenters. The minimum atomic E-state index is 1.14. The SMILES string of the molecule is CN(CCCCCCN1CCCCC1)c1nccs1. The maximum absolute atomic E-state index is 4.33. The molecule has 108 valence electrons. The van der Waals surface area contributed by atoms with E-state index in [1.807, 2.05) is 11.6 Å². The van der Waals surface area contributed by atoms with Crippen molar-refractivity contribution >= 4 is 16.5 Å². The largest absolute Gasteiger partial charge is 0.351 e. The van der Waals surface area contributed by atoms with E-state index in [0.717, 1.165) is 11.7 Å². The summed E-state index contributed by atoms with van der Waals surface area (Å²) in [5.41, 5.74) is 0. The molecule has 0 spiro atoms. The van der Waals surface area contributed by atoms with Crippen molar-refractivity contribution in [3.05, 3.63) is 11.6 Å². The Kier molecular flexibility index (Phi) is 6.65. The summed E-state index contributed by atoms with van der Waals surface area (Å²) in [4.78, 5) is 9.25. The van der Waals surface area contributed by atoms with Gasteiger partial charge in [-0.05, 0) is 45.3 Å². The third-order valence-corrected chi connectivity index (χ3v) is 4.80. The molecule has 1 saturated heterocycles. The Morgan fingerprint density at radius 1 is 1.16 bits per heavy atom. The zero-order valence-electron chi connectivity index (χ0n) is 12.2. The summed E-state index contributed by atoms with van der Waals surface area (Å²) in [6.07, 6.45) is 11.6. The first-order valence-corrected chi connectivity index (χ1v) is 8.57. The number of nitrogens with zero attached hydrogens (tertiary/aromatic N) is 3. The molecule has 1 fully saturated rings. The van der Waals surface area contributed by atoms with Crippen molar-refractivity contribution in [2.75, 3.05) is 38.1 Å². The molecule has 1 aromatic rings. The number of aromatic nitrogens is 1. The monoisotopic (exact) mass is 281 g/mol. The van der Waals surface area contributed by atoms with E-state index in [0.29, 0.717) is 0 Å². The molecule has 1 aliphatic rings. The number of likely N-dealkylation sites (tertiary alicyclic amines) is 1. The van der Waals surface area contributed by atoms with E-state index >= 15 is 0 Å². The van der Waals surface area contributed by atoms with Crippen LogP contribution < -0.4 is 4.90 Å². The lowest BCUT2D eigenvalue weighted by atomic mass is 10.1. The van der Waals surface area contributed by atoms with E-state index in [4.69, 9.17) is 0 Å². The molecule has 0 aromatic carbocycles. The van der Waals surface area contributed by atoms with Crippen LogP contribution in [0.4, 0.5) is 5.13 Å². The van der Waals surface area contributed by atoms with Gasteiger partial charge in [0.25, 0.3) is 0 Å². The van der Waals surface area contributed by atoms with Crippen molar-refractivity contribution in [1.29, 1.82) is 0 Å². The van der Waals surface area contributed by atoms with Gasteiger partial charge < -0.3 is 9.80 Å². The maximum Gasteiger partial charge on any atom is 0.184 e. The molecule has 2 heterocycles. The number of hydrogen-bond donors (Lipinski definition) is 0. The second kappa shape index (κ2) is 8.54. The van der Waals surface area contributed by atoms with Gasteiger partial charge in [0.05, 0.1) is 0 Å². The highest BCUT2D eigenvalue weighted by Crippen LogP contribution is 2.16. The zero-order valence-corrected chi connectivity index (χ0v) is 13.0. The average Bonchev–Trinajstić information content (AvgIpc) is 2.98. The van der Waals surface area contributed by atoms with Gasteiger partial charge in [0.15, 0.2) is 5.13 Å². The van der Waals surface area contributed by atoms with Crippen LogP contribution >= 0.6 is 11.3 Å². The molecule has 0 amide bonds. The van der Waals surface area contributed by atoms with Crippen LogP contribution in [0.5, 0.6) is 0 Å². The summed E-state index contributed by atoms with van der Waals surface area (Å²) in [7, 11) is 2.15. The van der Waals surface area contributed by atoms with Gasteiger partial charge in [-0.15, -0.1) is 11.3 Å². The number of piperidine rings is 1. The van der Waals surface area contributed by atoms with Crippen LogP contribution in [-0.4, -0.2) is 43.1 Å². The Morgan fingerprint density at radius 2 is 1.95 bits per heavy atom. The zero-order chi connectivity index (χ0) is 13.3. The van der Waals surface area contributed by atoms with Gasteiger partial charge in [-0.25, -0.2) is 4.98 Å². The van der Waals surface area contributed by atoms with Gasteiger partial charge >= 0.3 is 0 Å². The summed E-state index contributed by atoms with van der Waals surface area (Å²) in [6, 6.07) is 0. The number of thiazole rings is 1. The Bertz CT molecular complexity index is 320. The van der Waals surface area contributed by atoms with Gasteiger partial charge in [-0.3, -0.25) is 0 Å². The summed E-state index contributed by atoms with van der Waals surface area (Å²) >= 11 is 1.73. The van der Waals surface area contributed by atoms with Gasteiger partial charge in [0.2, 0.25) is 0 Å². The average molecular weight is 281 g/mol. The molecule has 1 aromatic heterocycles. The molecular formula is C15H27N3S. The summed E-state index contributed by atoms with van der Waals surface area (Å²) in [5.74, 6) is 0. The maximum atomic E-state index is 4.33. The second-order valence-corrected chi connectivity index (χ2v) is 6.43. The fourth-order valence-corrected chi connectivity index (χ4v) is 3.36. The molecule has 19 heavy (non-hydrogen) atoms. The second-order valence-electron chi connectivity index (χ2n) is 5.55. The van der Waals surface area contributed by atoms with E-state index in [9.17, 15) is 0 Å². The minimum Gasteiger partial charge on any atom is -0.351 e. The number of anilines is 1. The standard InChI is InChI=1S/C15H27N3S/c1-17(15-16-9-14-19-15)10-5-2-3-6-11-18-12-7-4-8-13-18/h9,14H,2-8,10-13H2,1H3. The third kappa shape index (κ3) is 5.49. The molecule has 0 saturated carbocycles. The van der Waals surface area contributed by atoms with Crippen LogP contribution in [0.2, 0.25) is 0 Å². The van der Waals surface area contributed by atoms with Crippen molar-refractivity contribution in [2.45, 2.75) is 44.9 Å². The molecule has 0 unspecified atom stereocenters. The third-order valence-electron chi connectivity index (χ3n) is 3.91. The molecule has 1 aliphatic heterocycles. The first-order valence-electron chi connectivity index (χ1n) is 7.69. The molecule has 4 heteroatoms. The van der Waals surface area contributed by atoms with Crippen molar-refractivity contribution in [3.63, 3.8) is 0 Å². The minimum absolute atomic E-state index is 1.14.